The molecule has 1 unspecified atom stereocenters. The molecular weight excluding hydrogens is 446 g/mol. The fourth-order valence-electron chi connectivity index (χ4n) is 4.31. The smallest absolute Gasteiger partial charge is 0.223 e. The van der Waals surface area contributed by atoms with Gasteiger partial charge in [0, 0.05) is 57.1 Å². The molecule has 3 aromatic rings. The van der Waals surface area contributed by atoms with Crippen LogP contribution in [0.25, 0.3) is 0 Å². The average Bonchev–Trinajstić information content (AvgIpc) is 3.22. The van der Waals surface area contributed by atoms with E-state index in [1.54, 1.807) is 6.92 Å². The Morgan fingerprint density at radius 2 is 1.79 bits per heavy atom. The van der Waals surface area contributed by atoms with Crippen LogP contribution in [0.1, 0.15) is 36.8 Å². The van der Waals surface area contributed by atoms with Crippen molar-refractivity contribution in [2.45, 2.75) is 39.8 Å². The number of anilines is 3. The number of hydrogen-bond donors (Lipinski definition) is 2. The zero-order chi connectivity index (χ0) is 24.1. The lowest BCUT2D eigenvalue weighted by atomic mass is 10.0. The summed E-state index contributed by atoms with van der Waals surface area (Å²) in [7, 11) is 0. The van der Waals surface area contributed by atoms with Gasteiger partial charge in [-0.2, -0.15) is 0 Å². The zero-order valence-electron chi connectivity index (χ0n) is 19.9. The number of aromatic nitrogens is 1. The summed E-state index contributed by atoms with van der Waals surface area (Å²) < 4.78 is 0. The number of carbonyl (C=O) groups excluding carboxylic acids is 2. The second-order valence-electron chi connectivity index (χ2n) is 8.77. The van der Waals surface area contributed by atoms with Gasteiger partial charge >= 0.3 is 0 Å². The normalized spacial score (nSPS) is 16.3. The summed E-state index contributed by atoms with van der Waals surface area (Å²) in [5.41, 5.74) is 4.41. The maximum atomic E-state index is 11.8. The fourth-order valence-corrected chi connectivity index (χ4v) is 5.20. The maximum absolute atomic E-state index is 11.8. The Kier molecular flexibility index (Phi) is 7.59. The van der Waals surface area contributed by atoms with Crippen LogP contribution in [0.2, 0.25) is 0 Å². The lowest BCUT2D eigenvalue weighted by Gasteiger charge is -2.41. The van der Waals surface area contributed by atoms with Crippen LogP contribution in [-0.4, -0.2) is 47.4 Å². The average molecular weight is 478 g/mol. The summed E-state index contributed by atoms with van der Waals surface area (Å²) >= 11 is 1.52. The molecule has 34 heavy (non-hydrogen) atoms. The first-order chi connectivity index (χ1) is 16.4. The zero-order valence-corrected chi connectivity index (χ0v) is 20.7. The second-order valence-corrected chi connectivity index (χ2v) is 9.89. The van der Waals surface area contributed by atoms with Gasteiger partial charge in [0.05, 0.1) is 11.4 Å². The molecule has 2 heterocycles. The van der Waals surface area contributed by atoms with E-state index in [0.29, 0.717) is 11.2 Å². The second kappa shape index (κ2) is 10.8. The van der Waals surface area contributed by atoms with Gasteiger partial charge in [0.1, 0.15) is 0 Å². The van der Waals surface area contributed by atoms with Gasteiger partial charge in [0.2, 0.25) is 11.8 Å². The molecule has 0 spiro atoms. The molecule has 2 N–H and O–H groups in total. The number of thiazole rings is 1. The molecule has 1 aliphatic heterocycles. The Labute approximate surface area is 204 Å². The molecule has 4 rings (SSSR count). The summed E-state index contributed by atoms with van der Waals surface area (Å²) in [4.78, 5) is 33.4. The van der Waals surface area contributed by atoms with E-state index in [1.807, 2.05) is 18.3 Å². The molecular formula is C26H31N5O2S. The molecule has 8 heteroatoms. The fraction of sp³-hybridized carbons (Fsp3) is 0.346. The first-order valence-electron chi connectivity index (χ1n) is 11.5. The van der Waals surface area contributed by atoms with Gasteiger partial charge in [-0.05, 0) is 36.6 Å². The van der Waals surface area contributed by atoms with Gasteiger partial charge in [-0.1, -0.05) is 36.4 Å². The van der Waals surface area contributed by atoms with Crippen LogP contribution in [0.15, 0.2) is 54.7 Å². The summed E-state index contributed by atoms with van der Waals surface area (Å²) in [6.45, 7) is 8.70. The lowest BCUT2D eigenvalue weighted by molar-refractivity contribution is -0.115. The highest BCUT2D eigenvalue weighted by Crippen LogP contribution is 2.31. The van der Waals surface area contributed by atoms with Crippen LogP contribution in [-0.2, 0) is 22.6 Å². The highest BCUT2D eigenvalue weighted by molar-refractivity contribution is 7.15. The van der Waals surface area contributed by atoms with E-state index in [2.05, 4.69) is 68.7 Å². The van der Waals surface area contributed by atoms with Crippen molar-refractivity contribution in [1.29, 1.82) is 0 Å². The molecule has 1 aliphatic rings. The molecule has 1 saturated heterocycles. The van der Waals surface area contributed by atoms with Gasteiger partial charge in [-0.3, -0.25) is 14.5 Å². The van der Waals surface area contributed by atoms with Crippen molar-refractivity contribution in [3.05, 3.63) is 70.7 Å². The van der Waals surface area contributed by atoms with Crippen LogP contribution in [0.3, 0.4) is 0 Å². The van der Waals surface area contributed by atoms with Crippen molar-refractivity contribution < 1.29 is 9.59 Å². The Bertz CT molecular complexity index is 1150. The summed E-state index contributed by atoms with van der Waals surface area (Å²) in [6, 6.07) is 17.1. The highest BCUT2D eigenvalue weighted by Gasteiger charge is 2.26. The maximum Gasteiger partial charge on any atom is 0.223 e. The third-order valence-corrected chi connectivity index (χ3v) is 6.82. The number of benzene rings is 2. The van der Waals surface area contributed by atoms with Crippen LogP contribution in [0.4, 0.5) is 16.5 Å². The quantitative estimate of drug-likeness (QED) is 0.529. The Hall–Kier alpha value is -3.23. The predicted octanol–water partition coefficient (Wildman–Crippen LogP) is 4.36. The number of piperazine rings is 1. The van der Waals surface area contributed by atoms with Crippen molar-refractivity contribution >= 4 is 39.7 Å². The minimum atomic E-state index is -0.104. The van der Waals surface area contributed by atoms with E-state index in [-0.39, 0.29) is 11.8 Å². The molecule has 7 nitrogen and oxygen atoms in total. The van der Waals surface area contributed by atoms with Crippen LogP contribution in [0.5, 0.6) is 0 Å². The Balaban J connectivity index is 1.47. The van der Waals surface area contributed by atoms with E-state index in [1.165, 1.54) is 29.4 Å². The lowest BCUT2D eigenvalue weighted by Crippen LogP contribution is -2.51. The van der Waals surface area contributed by atoms with E-state index in [9.17, 15) is 9.59 Å². The minimum absolute atomic E-state index is 0.0658. The van der Waals surface area contributed by atoms with E-state index < -0.39 is 0 Å². The topological polar surface area (TPSA) is 77.6 Å². The van der Waals surface area contributed by atoms with Gasteiger partial charge in [-0.25, -0.2) is 4.98 Å². The van der Waals surface area contributed by atoms with Crippen molar-refractivity contribution in [3.8, 4) is 0 Å². The number of carbonyl (C=O) groups is 2. The van der Waals surface area contributed by atoms with Crippen molar-refractivity contribution in [2.24, 2.45) is 0 Å². The monoisotopic (exact) mass is 477 g/mol. The Morgan fingerprint density at radius 3 is 2.50 bits per heavy atom. The summed E-state index contributed by atoms with van der Waals surface area (Å²) in [5, 5.41) is 6.41. The van der Waals surface area contributed by atoms with Gasteiger partial charge < -0.3 is 15.5 Å². The number of rotatable bonds is 7. The number of hydrogen-bond acceptors (Lipinski definition) is 6. The summed E-state index contributed by atoms with van der Waals surface area (Å²) in [5.74, 6) is -0.170. The van der Waals surface area contributed by atoms with E-state index in [0.717, 1.165) is 48.9 Å². The van der Waals surface area contributed by atoms with Gasteiger partial charge in [0.25, 0.3) is 0 Å². The van der Waals surface area contributed by atoms with Gasteiger partial charge in [0.15, 0.2) is 5.13 Å². The molecule has 0 saturated carbocycles. The molecule has 1 atom stereocenters. The molecule has 0 bridgehead atoms. The standard InChI is InChI=1S/C26H31N5O2S/c1-18-16-31(12-11-30(18)17-23-15-27-26(34-23)29-20(3)33)25-14-22(9-10-24(25)28-19(2)32)13-21-7-5-4-6-8-21/h4-10,14-15,18H,11-13,16-17H2,1-3H3,(H,28,32)(H,27,29,33). The van der Waals surface area contributed by atoms with Crippen LogP contribution < -0.4 is 15.5 Å². The number of amides is 2. The van der Waals surface area contributed by atoms with Gasteiger partial charge in [-0.15, -0.1) is 11.3 Å². The van der Waals surface area contributed by atoms with E-state index >= 15 is 0 Å². The number of nitrogens with one attached hydrogen (secondary N) is 2. The van der Waals surface area contributed by atoms with Crippen molar-refractivity contribution in [3.63, 3.8) is 0 Å². The number of nitrogens with zero attached hydrogens (tertiary/aromatic N) is 3. The summed E-state index contributed by atoms with van der Waals surface area (Å²) in [6.07, 6.45) is 2.70. The van der Waals surface area contributed by atoms with Crippen molar-refractivity contribution in [2.75, 3.05) is 35.2 Å². The third kappa shape index (κ3) is 6.21. The molecule has 2 aromatic carbocycles. The largest absolute Gasteiger partial charge is 0.367 e. The highest BCUT2D eigenvalue weighted by atomic mass is 32.1. The molecule has 1 fully saturated rings. The Morgan fingerprint density at radius 1 is 1.03 bits per heavy atom. The molecule has 2 amide bonds. The predicted molar refractivity (Wildman–Crippen MR) is 138 cm³/mol. The van der Waals surface area contributed by atoms with Crippen LogP contribution in [0, 0.1) is 0 Å². The van der Waals surface area contributed by atoms with Crippen LogP contribution >= 0.6 is 11.3 Å². The third-order valence-electron chi connectivity index (χ3n) is 5.93. The minimum Gasteiger partial charge on any atom is -0.367 e. The molecule has 0 radical (unpaired) electrons. The first kappa shape index (κ1) is 23.9. The SMILES string of the molecule is CC(=O)Nc1ncc(CN2CCN(c3cc(Cc4ccccc4)ccc3NC(C)=O)CC2C)s1. The molecule has 0 aliphatic carbocycles. The molecule has 178 valence electrons. The van der Waals surface area contributed by atoms with E-state index in [4.69, 9.17) is 0 Å². The molecule has 1 aromatic heterocycles. The first-order valence-corrected chi connectivity index (χ1v) is 12.3. The van der Waals surface area contributed by atoms with Crippen molar-refractivity contribution in [1.82, 2.24) is 9.88 Å².